The first kappa shape index (κ1) is 13.3. The Morgan fingerprint density at radius 2 is 1.95 bits per heavy atom. The highest BCUT2D eigenvalue weighted by Crippen LogP contribution is 2.23. The van der Waals surface area contributed by atoms with E-state index in [1.165, 1.54) is 5.56 Å². The van der Waals surface area contributed by atoms with Gasteiger partial charge >= 0.3 is 0 Å². The van der Waals surface area contributed by atoms with Gasteiger partial charge in [0.25, 0.3) is 0 Å². The van der Waals surface area contributed by atoms with Crippen LogP contribution in [0.25, 0.3) is 10.6 Å². The van der Waals surface area contributed by atoms with Crippen molar-refractivity contribution in [3.63, 3.8) is 0 Å². The van der Waals surface area contributed by atoms with E-state index in [0.29, 0.717) is 0 Å². The topological polar surface area (TPSA) is 24.9 Å². The van der Waals surface area contributed by atoms with Crippen molar-refractivity contribution in [2.45, 2.75) is 6.54 Å². The molecule has 0 saturated carbocycles. The van der Waals surface area contributed by atoms with Gasteiger partial charge in [-0.05, 0) is 42.0 Å². The van der Waals surface area contributed by atoms with E-state index in [0.717, 1.165) is 27.3 Å². The second kappa shape index (κ2) is 6.20. The fourth-order valence-corrected chi connectivity index (χ4v) is 3.04. The molecule has 3 rings (SSSR count). The third kappa shape index (κ3) is 3.26. The van der Waals surface area contributed by atoms with Gasteiger partial charge in [-0.2, -0.15) is 0 Å². The lowest BCUT2D eigenvalue weighted by atomic mass is 10.2. The number of nitrogens with zero attached hydrogens (tertiary/aromatic N) is 1. The number of rotatable bonds is 4. The number of hydrogen-bond donors (Lipinski definition) is 1. The van der Waals surface area contributed by atoms with Gasteiger partial charge in [0.1, 0.15) is 5.01 Å². The van der Waals surface area contributed by atoms with Crippen LogP contribution >= 0.6 is 27.3 Å². The van der Waals surface area contributed by atoms with Crippen molar-refractivity contribution in [1.82, 2.24) is 4.98 Å². The molecule has 0 atom stereocenters. The minimum absolute atomic E-state index is 0.816. The molecule has 0 radical (unpaired) electrons. The zero-order valence-corrected chi connectivity index (χ0v) is 13.1. The second-order valence-electron chi connectivity index (χ2n) is 4.40. The highest BCUT2D eigenvalue weighted by molar-refractivity contribution is 9.10. The Labute approximate surface area is 130 Å². The Kier molecular flexibility index (Phi) is 4.14. The first-order chi connectivity index (χ1) is 9.81. The van der Waals surface area contributed by atoms with E-state index in [1.54, 1.807) is 11.3 Å². The van der Waals surface area contributed by atoms with Crippen LogP contribution in [0.15, 0.2) is 64.6 Å². The summed E-state index contributed by atoms with van der Waals surface area (Å²) >= 11 is 5.14. The SMILES string of the molecule is Brc1cccc(CNc2ccc(-c3nccs3)cc2)c1. The number of benzene rings is 2. The van der Waals surface area contributed by atoms with Crippen molar-refractivity contribution in [2.24, 2.45) is 0 Å². The van der Waals surface area contributed by atoms with E-state index < -0.39 is 0 Å². The van der Waals surface area contributed by atoms with E-state index in [2.05, 4.69) is 62.6 Å². The highest BCUT2D eigenvalue weighted by atomic mass is 79.9. The second-order valence-corrected chi connectivity index (χ2v) is 6.21. The normalized spacial score (nSPS) is 10.4. The average Bonchev–Trinajstić information content (AvgIpc) is 3.00. The fourth-order valence-electron chi connectivity index (χ4n) is 1.95. The Morgan fingerprint density at radius 3 is 2.65 bits per heavy atom. The van der Waals surface area contributed by atoms with E-state index in [1.807, 2.05) is 23.7 Å². The molecule has 0 aliphatic rings. The van der Waals surface area contributed by atoms with Gasteiger partial charge in [-0.15, -0.1) is 11.3 Å². The minimum atomic E-state index is 0.816. The van der Waals surface area contributed by atoms with E-state index in [-0.39, 0.29) is 0 Å². The standard InChI is InChI=1S/C16H13BrN2S/c17-14-3-1-2-12(10-14)11-19-15-6-4-13(5-7-15)16-18-8-9-20-16/h1-10,19H,11H2. The zero-order valence-electron chi connectivity index (χ0n) is 10.7. The number of halogens is 1. The third-order valence-corrected chi connectivity index (χ3v) is 4.27. The van der Waals surface area contributed by atoms with Crippen LogP contribution in [0.4, 0.5) is 5.69 Å². The van der Waals surface area contributed by atoms with Gasteiger partial charge in [-0.1, -0.05) is 28.1 Å². The van der Waals surface area contributed by atoms with Crippen LogP contribution in [0.2, 0.25) is 0 Å². The molecule has 0 aliphatic carbocycles. The Hall–Kier alpha value is -1.65. The summed E-state index contributed by atoms with van der Waals surface area (Å²) in [6.07, 6.45) is 1.83. The molecule has 2 nitrogen and oxygen atoms in total. The molecule has 0 fully saturated rings. The van der Waals surface area contributed by atoms with E-state index in [4.69, 9.17) is 0 Å². The van der Waals surface area contributed by atoms with Crippen LogP contribution < -0.4 is 5.32 Å². The zero-order chi connectivity index (χ0) is 13.8. The Bertz CT molecular complexity index is 678. The fraction of sp³-hybridized carbons (Fsp3) is 0.0625. The number of anilines is 1. The third-order valence-electron chi connectivity index (χ3n) is 2.95. The molecule has 100 valence electrons. The number of hydrogen-bond acceptors (Lipinski definition) is 3. The number of aromatic nitrogens is 1. The molecule has 0 unspecified atom stereocenters. The van der Waals surface area contributed by atoms with Crippen LogP contribution in [0.1, 0.15) is 5.56 Å². The predicted octanol–water partition coefficient (Wildman–Crippen LogP) is 5.18. The Balaban J connectivity index is 1.67. The maximum absolute atomic E-state index is 4.31. The quantitative estimate of drug-likeness (QED) is 0.704. The van der Waals surface area contributed by atoms with E-state index in [9.17, 15) is 0 Å². The lowest BCUT2D eigenvalue weighted by molar-refractivity contribution is 1.15. The lowest BCUT2D eigenvalue weighted by Gasteiger charge is -2.07. The summed E-state index contributed by atoms with van der Waals surface area (Å²) in [6, 6.07) is 16.7. The van der Waals surface area contributed by atoms with Crippen molar-refractivity contribution < 1.29 is 0 Å². The molecule has 2 aromatic carbocycles. The summed E-state index contributed by atoms with van der Waals surface area (Å²) in [7, 11) is 0. The average molecular weight is 345 g/mol. The summed E-state index contributed by atoms with van der Waals surface area (Å²) in [5, 5.41) is 6.48. The molecular weight excluding hydrogens is 332 g/mol. The van der Waals surface area contributed by atoms with Crippen molar-refractivity contribution >= 4 is 33.0 Å². The molecule has 0 saturated heterocycles. The summed E-state index contributed by atoms with van der Waals surface area (Å²) in [5.41, 5.74) is 3.53. The van der Waals surface area contributed by atoms with Gasteiger partial charge in [-0.25, -0.2) is 4.98 Å². The molecule has 4 heteroatoms. The van der Waals surface area contributed by atoms with Gasteiger partial charge in [0.2, 0.25) is 0 Å². The molecule has 20 heavy (non-hydrogen) atoms. The first-order valence-electron chi connectivity index (χ1n) is 6.29. The van der Waals surface area contributed by atoms with Crippen LogP contribution in [-0.2, 0) is 6.54 Å². The summed E-state index contributed by atoms with van der Waals surface area (Å²) in [5.74, 6) is 0. The first-order valence-corrected chi connectivity index (χ1v) is 7.97. The molecule has 0 amide bonds. The molecule has 1 aromatic heterocycles. The predicted molar refractivity (Wildman–Crippen MR) is 89.0 cm³/mol. The van der Waals surface area contributed by atoms with Crippen LogP contribution in [0, 0.1) is 0 Å². The summed E-state index contributed by atoms with van der Waals surface area (Å²) in [4.78, 5) is 4.31. The molecule has 3 aromatic rings. The van der Waals surface area contributed by atoms with Crippen molar-refractivity contribution in [3.05, 3.63) is 70.1 Å². The molecule has 1 heterocycles. The molecule has 0 spiro atoms. The van der Waals surface area contributed by atoms with Crippen molar-refractivity contribution in [2.75, 3.05) is 5.32 Å². The minimum Gasteiger partial charge on any atom is -0.381 e. The maximum Gasteiger partial charge on any atom is 0.123 e. The molecule has 0 aliphatic heterocycles. The van der Waals surface area contributed by atoms with E-state index >= 15 is 0 Å². The largest absolute Gasteiger partial charge is 0.381 e. The molecular formula is C16H13BrN2S. The maximum atomic E-state index is 4.31. The van der Waals surface area contributed by atoms with Gasteiger partial charge < -0.3 is 5.32 Å². The smallest absolute Gasteiger partial charge is 0.123 e. The highest BCUT2D eigenvalue weighted by Gasteiger charge is 2.00. The Morgan fingerprint density at radius 1 is 1.10 bits per heavy atom. The van der Waals surface area contributed by atoms with Crippen molar-refractivity contribution in [3.8, 4) is 10.6 Å². The van der Waals surface area contributed by atoms with Crippen LogP contribution in [0.5, 0.6) is 0 Å². The molecule has 0 bridgehead atoms. The number of nitrogens with one attached hydrogen (secondary N) is 1. The van der Waals surface area contributed by atoms with Crippen LogP contribution in [-0.4, -0.2) is 4.98 Å². The van der Waals surface area contributed by atoms with Gasteiger partial charge in [-0.3, -0.25) is 0 Å². The monoisotopic (exact) mass is 344 g/mol. The molecule has 1 N–H and O–H groups in total. The summed E-state index contributed by atoms with van der Waals surface area (Å²) in [6.45, 7) is 0.816. The van der Waals surface area contributed by atoms with Gasteiger partial charge in [0.15, 0.2) is 0 Å². The number of thiazole rings is 1. The lowest BCUT2D eigenvalue weighted by Crippen LogP contribution is -1.98. The van der Waals surface area contributed by atoms with Gasteiger partial charge in [0.05, 0.1) is 0 Å². The van der Waals surface area contributed by atoms with Crippen LogP contribution in [0.3, 0.4) is 0 Å². The summed E-state index contributed by atoms with van der Waals surface area (Å²) < 4.78 is 1.11. The van der Waals surface area contributed by atoms with Crippen molar-refractivity contribution in [1.29, 1.82) is 0 Å². The van der Waals surface area contributed by atoms with Gasteiger partial charge in [0, 0.05) is 33.8 Å².